The van der Waals surface area contributed by atoms with E-state index in [-0.39, 0.29) is 17.5 Å². The van der Waals surface area contributed by atoms with Crippen molar-refractivity contribution in [1.29, 1.82) is 0 Å². The van der Waals surface area contributed by atoms with Crippen LogP contribution in [0.3, 0.4) is 0 Å². The van der Waals surface area contributed by atoms with E-state index < -0.39 is 11.9 Å². The second kappa shape index (κ2) is 7.51. The van der Waals surface area contributed by atoms with Crippen LogP contribution >= 0.6 is 0 Å². The van der Waals surface area contributed by atoms with Gasteiger partial charge in [0.25, 0.3) is 0 Å². The summed E-state index contributed by atoms with van der Waals surface area (Å²) in [5, 5.41) is 12.3. The Morgan fingerprint density at radius 3 is 2.43 bits per heavy atom. The van der Waals surface area contributed by atoms with E-state index in [1.54, 1.807) is 4.90 Å². The average molecular weight is 325 g/mol. The summed E-state index contributed by atoms with van der Waals surface area (Å²) in [6.07, 6.45) is 6.54. The Bertz CT molecular complexity index is 433. The van der Waals surface area contributed by atoms with E-state index in [2.05, 4.69) is 24.3 Å². The standard InChI is InChI=1S/C17H31N3O3/c1-13-9-14(15(21)22)11-20(10-13)16(23)18-12-17(19(2)3)7-5-4-6-8-17/h13-14H,4-12H2,1-3H3,(H,18,23)(H,21,22). The van der Waals surface area contributed by atoms with Crippen molar-refractivity contribution in [3.63, 3.8) is 0 Å². The lowest BCUT2D eigenvalue weighted by atomic mass is 9.80. The molecule has 0 radical (unpaired) electrons. The Morgan fingerprint density at radius 2 is 1.87 bits per heavy atom. The molecule has 0 aromatic carbocycles. The highest BCUT2D eigenvalue weighted by atomic mass is 16.4. The molecule has 6 heteroatoms. The van der Waals surface area contributed by atoms with Crippen LogP contribution in [0.5, 0.6) is 0 Å². The number of carboxylic acids is 1. The van der Waals surface area contributed by atoms with E-state index in [0.717, 1.165) is 12.8 Å². The maximum Gasteiger partial charge on any atom is 0.317 e. The Kier molecular flexibility index (Phi) is 5.89. The predicted molar refractivity (Wildman–Crippen MR) is 89.4 cm³/mol. The summed E-state index contributed by atoms with van der Waals surface area (Å²) in [5.74, 6) is -1.01. The molecule has 1 aliphatic heterocycles. The van der Waals surface area contributed by atoms with Crippen LogP contribution in [0.2, 0.25) is 0 Å². The number of carbonyl (C=O) groups is 2. The fraction of sp³-hybridized carbons (Fsp3) is 0.882. The summed E-state index contributed by atoms with van der Waals surface area (Å²) in [7, 11) is 4.17. The summed E-state index contributed by atoms with van der Waals surface area (Å²) in [6.45, 7) is 3.62. The van der Waals surface area contributed by atoms with E-state index in [1.807, 2.05) is 6.92 Å². The van der Waals surface area contributed by atoms with Crippen molar-refractivity contribution in [3.05, 3.63) is 0 Å². The number of nitrogens with one attached hydrogen (secondary N) is 1. The summed E-state index contributed by atoms with van der Waals surface area (Å²) >= 11 is 0. The lowest BCUT2D eigenvalue weighted by Gasteiger charge is -2.44. The molecule has 1 saturated heterocycles. The molecule has 2 fully saturated rings. The highest BCUT2D eigenvalue weighted by Gasteiger charge is 2.36. The molecule has 1 saturated carbocycles. The number of nitrogens with zero attached hydrogens (tertiary/aromatic N) is 2. The minimum atomic E-state index is -0.800. The van der Waals surface area contributed by atoms with Gasteiger partial charge in [-0.05, 0) is 39.3 Å². The molecule has 2 amide bonds. The van der Waals surface area contributed by atoms with Gasteiger partial charge in [0.05, 0.1) is 5.92 Å². The molecule has 1 aliphatic carbocycles. The smallest absolute Gasteiger partial charge is 0.317 e. The van der Waals surface area contributed by atoms with Gasteiger partial charge in [0, 0.05) is 25.2 Å². The predicted octanol–water partition coefficient (Wildman–Crippen LogP) is 2.00. The van der Waals surface area contributed by atoms with Crippen molar-refractivity contribution in [2.45, 2.75) is 51.0 Å². The van der Waals surface area contributed by atoms with Gasteiger partial charge in [0.15, 0.2) is 0 Å². The van der Waals surface area contributed by atoms with Crippen molar-refractivity contribution in [2.24, 2.45) is 11.8 Å². The first kappa shape index (κ1) is 18.0. The summed E-state index contributed by atoms with van der Waals surface area (Å²) < 4.78 is 0. The van der Waals surface area contributed by atoms with Crippen molar-refractivity contribution in [3.8, 4) is 0 Å². The number of likely N-dealkylation sites (tertiary alicyclic amines) is 1. The molecule has 1 heterocycles. The van der Waals surface area contributed by atoms with Crippen LogP contribution in [-0.4, -0.2) is 66.2 Å². The molecule has 0 spiro atoms. The molecule has 132 valence electrons. The third-order valence-electron chi connectivity index (χ3n) is 5.60. The minimum absolute atomic E-state index is 0.0432. The first-order valence-corrected chi connectivity index (χ1v) is 8.77. The molecule has 0 bridgehead atoms. The maximum atomic E-state index is 12.5. The van der Waals surface area contributed by atoms with Crippen molar-refractivity contribution in [2.75, 3.05) is 33.7 Å². The highest BCUT2D eigenvalue weighted by molar-refractivity contribution is 5.76. The van der Waals surface area contributed by atoms with E-state index in [4.69, 9.17) is 0 Å². The van der Waals surface area contributed by atoms with Gasteiger partial charge in [-0.2, -0.15) is 0 Å². The van der Waals surface area contributed by atoms with Gasteiger partial charge in [-0.3, -0.25) is 4.79 Å². The SMILES string of the molecule is CC1CC(C(=O)O)CN(C(=O)NCC2(N(C)C)CCCCC2)C1. The number of carbonyl (C=O) groups excluding carboxylic acids is 1. The summed E-state index contributed by atoms with van der Waals surface area (Å²) in [5.41, 5.74) is 0.0432. The number of hydrogen-bond donors (Lipinski definition) is 2. The van der Waals surface area contributed by atoms with E-state index in [1.165, 1.54) is 19.3 Å². The molecule has 0 aromatic rings. The van der Waals surface area contributed by atoms with Crippen LogP contribution in [0.15, 0.2) is 0 Å². The van der Waals surface area contributed by atoms with Gasteiger partial charge in [0.1, 0.15) is 0 Å². The quantitative estimate of drug-likeness (QED) is 0.829. The Morgan fingerprint density at radius 1 is 1.22 bits per heavy atom. The number of piperidine rings is 1. The molecule has 2 rings (SSSR count). The zero-order chi connectivity index (χ0) is 17.0. The molecule has 2 unspecified atom stereocenters. The third kappa shape index (κ3) is 4.37. The Labute approximate surface area is 139 Å². The van der Waals surface area contributed by atoms with E-state index in [0.29, 0.717) is 26.1 Å². The maximum absolute atomic E-state index is 12.5. The fourth-order valence-corrected chi connectivity index (χ4v) is 4.04. The third-order valence-corrected chi connectivity index (χ3v) is 5.60. The summed E-state index contributed by atoms with van der Waals surface area (Å²) in [4.78, 5) is 27.7. The van der Waals surface area contributed by atoms with Gasteiger partial charge in [-0.1, -0.05) is 26.2 Å². The second-order valence-corrected chi connectivity index (χ2v) is 7.62. The van der Waals surface area contributed by atoms with Gasteiger partial charge in [-0.25, -0.2) is 4.79 Å². The van der Waals surface area contributed by atoms with Crippen LogP contribution < -0.4 is 5.32 Å². The highest BCUT2D eigenvalue weighted by Crippen LogP contribution is 2.31. The van der Waals surface area contributed by atoms with Crippen LogP contribution in [0.1, 0.15) is 45.4 Å². The van der Waals surface area contributed by atoms with E-state index >= 15 is 0 Å². The van der Waals surface area contributed by atoms with Crippen LogP contribution in [-0.2, 0) is 4.79 Å². The number of likely N-dealkylation sites (N-methyl/N-ethyl adjacent to an activating group) is 1. The molecular formula is C17H31N3O3. The monoisotopic (exact) mass is 325 g/mol. The molecule has 2 atom stereocenters. The molecule has 2 aliphatic rings. The van der Waals surface area contributed by atoms with Crippen molar-refractivity contribution < 1.29 is 14.7 Å². The van der Waals surface area contributed by atoms with Crippen LogP contribution in [0.25, 0.3) is 0 Å². The fourth-order valence-electron chi connectivity index (χ4n) is 4.04. The molecule has 6 nitrogen and oxygen atoms in total. The Hall–Kier alpha value is -1.30. The zero-order valence-electron chi connectivity index (χ0n) is 14.7. The van der Waals surface area contributed by atoms with Gasteiger partial charge < -0.3 is 20.2 Å². The molecule has 2 N–H and O–H groups in total. The minimum Gasteiger partial charge on any atom is -0.481 e. The Balaban J connectivity index is 1.93. The van der Waals surface area contributed by atoms with Crippen molar-refractivity contribution >= 4 is 12.0 Å². The number of carboxylic acid groups (broad SMARTS) is 1. The zero-order valence-corrected chi connectivity index (χ0v) is 14.7. The molecule has 0 aromatic heterocycles. The number of rotatable bonds is 4. The normalized spacial score (nSPS) is 27.7. The first-order chi connectivity index (χ1) is 10.8. The molecular weight excluding hydrogens is 294 g/mol. The average Bonchev–Trinajstić information content (AvgIpc) is 2.52. The van der Waals surface area contributed by atoms with Crippen LogP contribution in [0, 0.1) is 11.8 Å². The number of urea groups is 1. The number of hydrogen-bond acceptors (Lipinski definition) is 3. The van der Waals surface area contributed by atoms with Gasteiger partial charge in [-0.15, -0.1) is 0 Å². The lowest BCUT2D eigenvalue weighted by Crippen LogP contribution is -2.57. The number of aliphatic carboxylic acids is 1. The second-order valence-electron chi connectivity index (χ2n) is 7.62. The molecule has 23 heavy (non-hydrogen) atoms. The van der Waals surface area contributed by atoms with E-state index in [9.17, 15) is 14.7 Å². The summed E-state index contributed by atoms with van der Waals surface area (Å²) in [6, 6.07) is -0.116. The number of amides is 2. The largest absolute Gasteiger partial charge is 0.481 e. The van der Waals surface area contributed by atoms with Gasteiger partial charge >= 0.3 is 12.0 Å². The van der Waals surface area contributed by atoms with Crippen molar-refractivity contribution in [1.82, 2.24) is 15.1 Å². The van der Waals surface area contributed by atoms with Crippen LogP contribution in [0.4, 0.5) is 4.79 Å². The first-order valence-electron chi connectivity index (χ1n) is 8.77. The topological polar surface area (TPSA) is 72.9 Å². The van der Waals surface area contributed by atoms with Gasteiger partial charge in [0.2, 0.25) is 0 Å². The lowest BCUT2D eigenvalue weighted by molar-refractivity contribution is -0.143.